The van der Waals surface area contributed by atoms with Crippen LogP contribution < -0.4 is 143 Å². The molecular weight excluding hydrogens is 352 g/mol. The first-order valence-corrected chi connectivity index (χ1v) is 7.76. The fourth-order valence-corrected chi connectivity index (χ4v) is 2.81. The van der Waals surface area contributed by atoms with Crippen LogP contribution in [-0.4, -0.2) is 17.9 Å². The fraction of sp³-hybridized carbons (Fsp3) is 0.833. The zero-order valence-corrected chi connectivity index (χ0v) is 21.8. The maximum atomic E-state index is 11.0. The molecule has 0 aromatic carbocycles. The molecule has 1 fully saturated rings. The standard InChI is InChI=1S/C6H13NO7P2.4Na/c8-5(3-15(9,10)11)7-6(4-1-2-4)16(12,13)14;;;;/h4,6H,1-3H2,(H,7,8)(H2,9,10,11)(H2,12,13,14);;;;/q;4*+1/p-4. The second kappa shape index (κ2) is 13.0. The van der Waals surface area contributed by atoms with Crippen LogP contribution in [0.2, 0.25) is 0 Å². The van der Waals surface area contributed by atoms with Gasteiger partial charge in [-0.05, 0) is 26.4 Å². The van der Waals surface area contributed by atoms with Gasteiger partial charge in [-0.15, -0.1) is 0 Å². The fourth-order valence-electron chi connectivity index (χ4n) is 1.25. The van der Waals surface area contributed by atoms with Crippen molar-refractivity contribution >= 4 is 21.1 Å². The molecule has 0 saturated heterocycles. The molecule has 1 unspecified atom stereocenters. The van der Waals surface area contributed by atoms with Crippen molar-refractivity contribution in [2.24, 2.45) is 5.92 Å². The number of nitrogens with one attached hydrogen (secondary N) is 1. The summed E-state index contributed by atoms with van der Waals surface area (Å²) >= 11 is 0. The van der Waals surface area contributed by atoms with Crippen LogP contribution in [0.3, 0.4) is 0 Å². The number of carbonyl (C=O) groups is 1. The monoisotopic (exact) mass is 361 g/mol. The summed E-state index contributed by atoms with van der Waals surface area (Å²) in [6.45, 7) is 0. The molecule has 8 nitrogen and oxygen atoms in total. The summed E-state index contributed by atoms with van der Waals surface area (Å²) in [5, 5.41) is 1.78. The van der Waals surface area contributed by atoms with Crippen LogP contribution in [0.1, 0.15) is 12.8 Å². The summed E-state index contributed by atoms with van der Waals surface area (Å²) in [4.78, 5) is 52.9. The van der Waals surface area contributed by atoms with Gasteiger partial charge in [-0.2, -0.15) is 0 Å². The second-order valence-electron chi connectivity index (χ2n) is 3.66. The van der Waals surface area contributed by atoms with E-state index in [1.165, 1.54) is 0 Å². The molecule has 1 saturated carbocycles. The van der Waals surface area contributed by atoms with E-state index in [2.05, 4.69) is 0 Å². The van der Waals surface area contributed by atoms with Crippen molar-refractivity contribution in [3.63, 3.8) is 0 Å². The van der Waals surface area contributed by atoms with Crippen LogP contribution in [-0.2, 0) is 13.9 Å². The Hall–Kier alpha value is 3.77. The van der Waals surface area contributed by atoms with Crippen molar-refractivity contribution in [3.05, 3.63) is 0 Å². The van der Waals surface area contributed by atoms with Crippen LogP contribution in [0.4, 0.5) is 0 Å². The Morgan fingerprint density at radius 2 is 1.45 bits per heavy atom. The molecule has 20 heavy (non-hydrogen) atoms. The normalized spacial score (nSPS) is 15.4. The van der Waals surface area contributed by atoms with E-state index in [4.69, 9.17) is 0 Å². The van der Waals surface area contributed by atoms with E-state index < -0.39 is 39.0 Å². The third kappa shape index (κ3) is 14.1. The van der Waals surface area contributed by atoms with Gasteiger partial charge in [0.2, 0.25) is 5.91 Å². The van der Waals surface area contributed by atoms with E-state index in [-0.39, 0.29) is 118 Å². The molecule has 0 aromatic heterocycles. The third-order valence-electron chi connectivity index (χ3n) is 2.06. The third-order valence-corrected chi connectivity index (χ3v) is 3.96. The van der Waals surface area contributed by atoms with Crippen molar-refractivity contribution in [3.8, 4) is 0 Å². The van der Waals surface area contributed by atoms with Crippen LogP contribution in [0.5, 0.6) is 0 Å². The Labute approximate surface area is 205 Å². The molecule has 0 aliphatic heterocycles. The zero-order valence-electron chi connectivity index (χ0n) is 12.0. The molecule has 1 aliphatic rings. The first-order valence-electron chi connectivity index (χ1n) is 4.42. The maximum Gasteiger partial charge on any atom is 1.00 e. The van der Waals surface area contributed by atoms with Crippen molar-refractivity contribution in [1.82, 2.24) is 5.32 Å². The molecule has 94 valence electrons. The molecule has 1 N–H and O–H groups in total. The molecule has 1 rings (SSSR count). The van der Waals surface area contributed by atoms with Crippen LogP contribution in [0.25, 0.3) is 0 Å². The minimum Gasteiger partial charge on any atom is -0.810 e. The molecule has 0 spiro atoms. The molecule has 14 heteroatoms. The average Bonchev–Trinajstić information content (AvgIpc) is 2.76. The molecular formula is C6H9NNa4O7P2. The Morgan fingerprint density at radius 3 is 1.70 bits per heavy atom. The average molecular weight is 361 g/mol. The summed E-state index contributed by atoms with van der Waals surface area (Å²) in [5.41, 5.74) is 0. The molecule has 1 atom stereocenters. The Morgan fingerprint density at radius 1 is 1.05 bits per heavy atom. The largest absolute Gasteiger partial charge is 1.00 e. The summed E-state index contributed by atoms with van der Waals surface area (Å²) in [6, 6.07) is 0. The summed E-state index contributed by atoms with van der Waals surface area (Å²) in [5.74, 6) is -3.33. The Bertz CT molecular complexity index is 382. The smallest absolute Gasteiger partial charge is 0.810 e. The van der Waals surface area contributed by atoms with Gasteiger partial charge in [-0.3, -0.25) is 4.79 Å². The van der Waals surface area contributed by atoms with Crippen LogP contribution >= 0.6 is 15.2 Å². The predicted octanol–water partition coefficient (Wildman–Crippen LogP) is -15.3. The number of carbonyl (C=O) groups excluding carboxylic acids is 1. The first kappa shape index (κ1) is 31.5. The summed E-state index contributed by atoms with van der Waals surface area (Å²) in [6.07, 6.45) is -0.381. The van der Waals surface area contributed by atoms with E-state index in [0.717, 1.165) is 0 Å². The number of hydrogen-bond acceptors (Lipinski definition) is 7. The van der Waals surface area contributed by atoms with E-state index in [9.17, 15) is 33.5 Å². The number of rotatable bonds is 5. The van der Waals surface area contributed by atoms with Gasteiger partial charge < -0.3 is 34.0 Å². The minimum absolute atomic E-state index is 0. The molecule has 0 aromatic rings. The second-order valence-corrected chi connectivity index (χ2v) is 6.83. The maximum absolute atomic E-state index is 11.0. The van der Waals surface area contributed by atoms with E-state index in [1.807, 2.05) is 0 Å². The van der Waals surface area contributed by atoms with Gasteiger partial charge in [0, 0.05) is 0 Å². The van der Waals surface area contributed by atoms with Gasteiger partial charge in [0.1, 0.15) is 0 Å². The van der Waals surface area contributed by atoms with Gasteiger partial charge in [0.05, 0.1) is 11.9 Å². The quantitative estimate of drug-likeness (QED) is 0.376. The predicted molar refractivity (Wildman–Crippen MR) is 44.7 cm³/mol. The first-order chi connectivity index (χ1) is 7.09. The molecule has 0 bridgehead atoms. The van der Waals surface area contributed by atoms with E-state index in [1.54, 1.807) is 5.32 Å². The summed E-state index contributed by atoms with van der Waals surface area (Å²) < 4.78 is 21.0. The van der Waals surface area contributed by atoms with Gasteiger partial charge in [0.25, 0.3) is 0 Å². The van der Waals surface area contributed by atoms with Crippen molar-refractivity contribution in [2.45, 2.75) is 18.6 Å². The molecule has 0 radical (unpaired) electrons. The van der Waals surface area contributed by atoms with Gasteiger partial charge >= 0.3 is 118 Å². The Balaban J connectivity index is -0.000000320. The van der Waals surface area contributed by atoms with Gasteiger partial charge in [-0.25, -0.2) is 0 Å². The van der Waals surface area contributed by atoms with E-state index in [0.29, 0.717) is 12.8 Å². The topological polar surface area (TPSA) is 155 Å². The van der Waals surface area contributed by atoms with Gasteiger partial charge in [0.15, 0.2) is 0 Å². The van der Waals surface area contributed by atoms with Gasteiger partial charge in [-0.1, -0.05) is 7.60 Å². The van der Waals surface area contributed by atoms with Crippen LogP contribution in [0.15, 0.2) is 0 Å². The minimum atomic E-state index is -5.05. The van der Waals surface area contributed by atoms with Crippen molar-refractivity contribution < 1.29 is 152 Å². The van der Waals surface area contributed by atoms with Crippen molar-refractivity contribution in [1.29, 1.82) is 0 Å². The Kier molecular flexibility index (Phi) is 20.6. The molecule has 1 aliphatic carbocycles. The van der Waals surface area contributed by atoms with Crippen LogP contribution in [0, 0.1) is 5.92 Å². The number of hydrogen-bond donors (Lipinski definition) is 1. The molecule has 1 amide bonds. The number of amides is 1. The zero-order chi connectivity index (χ0) is 12.6. The SMILES string of the molecule is O=C(CP(=O)([O-])[O-])NC(C1CC1)P(=O)([O-])[O-].[Na+].[Na+].[Na+].[Na+]. The molecule has 0 heterocycles. The van der Waals surface area contributed by atoms with Crippen molar-refractivity contribution in [2.75, 3.05) is 6.16 Å². The van der Waals surface area contributed by atoms with E-state index >= 15 is 0 Å². The summed E-state index contributed by atoms with van der Waals surface area (Å²) in [7, 11) is -10.1.